The second-order valence-corrected chi connectivity index (χ2v) is 7.23. The highest BCUT2D eigenvalue weighted by atomic mass is 16.5. The van der Waals surface area contributed by atoms with E-state index in [0.29, 0.717) is 11.3 Å². The lowest BCUT2D eigenvalue weighted by molar-refractivity contribution is -0.132. The molecule has 0 aliphatic heterocycles. The first-order valence-corrected chi connectivity index (χ1v) is 9.98. The van der Waals surface area contributed by atoms with Crippen LogP contribution in [0.4, 0.5) is 0 Å². The van der Waals surface area contributed by atoms with Gasteiger partial charge in [-0.05, 0) is 22.9 Å². The summed E-state index contributed by atoms with van der Waals surface area (Å²) in [7, 11) is 0. The summed E-state index contributed by atoms with van der Waals surface area (Å²) in [4.78, 5) is 35.1. The zero-order valence-corrected chi connectivity index (χ0v) is 17.8. The second kappa shape index (κ2) is 8.51. The van der Waals surface area contributed by atoms with E-state index in [1.54, 1.807) is 12.1 Å². The minimum absolute atomic E-state index is 0.256. The van der Waals surface area contributed by atoms with E-state index >= 15 is 0 Å². The number of rotatable bonds is 4. The smallest absolute Gasteiger partial charge is 0.308 e. The Morgan fingerprint density at radius 3 is 1.59 bits per heavy atom. The van der Waals surface area contributed by atoms with Gasteiger partial charge in [-0.25, -0.2) is 0 Å². The molecule has 4 aromatic carbocycles. The van der Waals surface area contributed by atoms with Crippen molar-refractivity contribution in [3.63, 3.8) is 0 Å². The first-order chi connectivity index (χ1) is 15.3. The molecule has 0 heterocycles. The number of ether oxygens (including phenoxy) is 3. The summed E-state index contributed by atoms with van der Waals surface area (Å²) in [6, 6.07) is 20.0. The lowest BCUT2D eigenvalue weighted by atomic mass is 9.90. The molecule has 0 unspecified atom stereocenters. The van der Waals surface area contributed by atoms with Crippen molar-refractivity contribution in [2.24, 2.45) is 0 Å². The van der Waals surface area contributed by atoms with Crippen molar-refractivity contribution in [2.45, 2.75) is 20.8 Å². The van der Waals surface area contributed by atoms with Crippen LogP contribution in [0.3, 0.4) is 0 Å². The van der Waals surface area contributed by atoms with Gasteiger partial charge in [-0.2, -0.15) is 0 Å². The summed E-state index contributed by atoms with van der Waals surface area (Å²) in [5.41, 5.74) is 1.44. The fourth-order valence-corrected chi connectivity index (χ4v) is 3.81. The van der Waals surface area contributed by atoms with Crippen molar-refractivity contribution < 1.29 is 28.6 Å². The highest BCUT2D eigenvalue weighted by Crippen LogP contribution is 2.46. The van der Waals surface area contributed by atoms with Gasteiger partial charge in [0.15, 0.2) is 0 Å². The summed E-state index contributed by atoms with van der Waals surface area (Å²) in [5.74, 6) is -0.406. The van der Waals surface area contributed by atoms with Gasteiger partial charge < -0.3 is 14.2 Å². The molecule has 6 heteroatoms. The quantitative estimate of drug-likeness (QED) is 0.245. The fraction of sp³-hybridized carbons (Fsp3) is 0.115. The summed E-state index contributed by atoms with van der Waals surface area (Å²) in [5, 5.41) is 3.12. The van der Waals surface area contributed by atoms with Gasteiger partial charge in [0.1, 0.15) is 17.2 Å². The van der Waals surface area contributed by atoms with Crippen LogP contribution in [0.5, 0.6) is 17.2 Å². The van der Waals surface area contributed by atoms with E-state index in [-0.39, 0.29) is 11.5 Å². The Balaban J connectivity index is 2.10. The molecule has 0 fully saturated rings. The third-order valence-corrected chi connectivity index (χ3v) is 4.87. The standard InChI is InChI=1S/C26H20O6/c1-15(27)30-18-12-13-23(24(14-18)31-16(2)28)25-19-8-4-6-10-21(19)26(32-17(3)29)22-11-7-5-9-20(22)25/h4-14H,1-3H3. The predicted octanol–water partition coefficient (Wildman–Crippen LogP) is 5.44. The molecule has 0 saturated heterocycles. The number of fused-ring (bicyclic) bond motifs is 2. The van der Waals surface area contributed by atoms with Gasteiger partial charge in [0.2, 0.25) is 0 Å². The first kappa shape index (κ1) is 21.1. The molecule has 0 saturated carbocycles. The molecule has 160 valence electrons. The minimum Gasteiger partial charge on any atom is -0.427 e. The third kappa shape index (κ3) is 4.03. The zero-order chi connectivity index (χ0) is 22.8. The zero-order valence-electron chi connectivity index (χ0n) is 17.8. The summed E-state index contributed by atoms with van der Waals surface area (Å²) < 4.78 is 16.3. The SMILES string of the molecule is CC(=O)Oc1ccc(-c2c3ccccc3c(OC(C)=O)c3ccccc23)c(OC(C)=O)c1. The molecule has 6 nitrogen and oxygen atoms in total. The molecule has 4 rings (SSSR count). The Labute approximate surface area is 184 Å². The van der Waals surface area contributed by atoms with Crippen LogP contribution in [-0.4, -0.2) is 17.9 Å². The fourth-order valence-electron chi connectivity index (χ4n) is 3.81. The van der Waals surface area contributed by atoms with Gasteiger partial charge in [-0.15, -0.1) is 0 Å². The molecular weight excluding hydrogens is 408 g/mol. The molecule has 0 atom stereocenters. The molecule has 0 N–H and O–H groups in total. The monoisotopic (exact) mass is 428 g/mol. The Hall–Kier alpha value is -4.19. The number of carbonyl (C=O) groups excluding carboxylic acids is 3. The lowest BCUT2D eigenvalue weighted by Crippen LogP contribution is -2.06. The van der Waals surface area contributed by atoms with E-state index in [1.807, 2.05) is 48.5 Å². The van der Waals surface area contributed by atoms with Gasteiger partial charge >= 0.3 is 17.9 Å². The van der Waals surface area contributed by atoms with Crippen molar-refractivity contribution in [1.29, 1.82) is 0 Å². The molecule has 0 spiro atoms. The normalized spacial score (nSPS) is 10.7. The van der Waals surface area contributed by atoms with Crippen molar-refractivity contribution in [3.8, 4) is 28.4 Å². The number of benzene rings is 4. The van der Waals surface area contributed by atoms with Crippen LogP contribution in [0.15, 0.2) is 66.7 Å². The van der Waals surface area contributed by atoms with Gasteiger partial charge in [-0.1, -0.05) is 48.5 Å². The van der Waals surface area contributed by atoms with Crippen molar-refractivity contribution >= 4 is 39.5 Å². The highest BCUT2D eigenvalue weighted by molar-refractivity contribution is 6.18. The maximum atomic E-state index is 11.8. The highest BCUT2D eigenvalue weighted by Gasteiger charge is 2.20. The summed E-state index contributed by atoms with van der Waals surface area (Å²) in [6.07, 6.45) is 0. The van der Waals surface area contributed by atoms with Crippen LogP contribution in [0.1, 0.15) is 20.8 Å². The third-order valence-electron chi connectivity index (χ3n) is 4.87. The first-order valence-electron chi connectivity index (χ1n) is 9.98. The molecule has 0 bridgehead atoms. The van der Waals surface area contributed by atoms with E-state index in [4.69, 9.17) is 14.2 Å². The molecule has 32 heavy (non-hydrogen) atoms. The van der Waals surface area contributed by atoms with Crippen LogP contribution in [0.25, 0.3) is 32.7 Å². The second-order valence-electron chi connectivity index (χ2n) is 7.23. The van der Waals surface area contributed by atoms with E-state index in [2.05, 4.69) is 0 Å². The Morgan fingerprint density at radius 1 is 0.594 bits per heavy atom. The molecular formula is C26H20O6. The average Bonchev–Trinajstić information content (AvgIpc) is 2.73. The molecule has 4 aromatic rings. The van der Waals surface area contributed by atoms with Crippen LogP contribution in [0, 0.1) is 0 Å². The maximum Gasteiger partial charge on any atom is 0.308 e. The maximum absolute atomic E-state index is 11.8. The number of hydrogen-bond acceptors (Lipinski definition) is 6. The minimum atomic E-state index is -0.503. The van der Waals surface area contributed by atoms with E-state index in [0.717, 1.165) is 27.1 Å². The van der Waals surface area contributed by atoms with Gasteiger partial charge in [0.25, 0.3) is 0 Å². The largest absolute Gasteiger partial charge is 0.427 e. The molecule has 0 aromatic heterocycles. The average molecular weight is 428 g/mol. The predicted molar refractivity (Wildman–Crippen MR) is 121 cm³/mol. The topological polar surface area (TPSA) is 78.9 Å². The lowest BCUT2D eigenvalue weighted by Gasteiger charge is -2.18. The van der Waals surface area contributed by atoms with E-state index < -0.39 is 17.9 Å². The van der Waals surface area contributed by atoms with Crippen LogP contribution >= 0.6 is 0 Å². The Bertz CT molecular complexity index is 1330. The van der Waals surface area contributed by atoms with Crippen molar-refractivity contribution in [3.05, 3.63) is 66.7 Å². The Kier molecular flexibility index (Phi) is 5.60. The molecule has 0 amide bonds. The number of esters is 3. The van der Waals surface area contributed by atoms with Gasteiger partial charge in [-0.3, -0.25) is 14.4 Å². The summed E-state index contributed by atoms with van der Waals surface area (Å²) in [6.45, 7) is 3.97. The molecule has 0 radical (unpaired) electrons. The summed E-state index contributed by atoms with van der Waals surface area (Å²) >= 11 is 0. The molecule has 0 aliphatic rings. The number of hydrogen-bond donors (Lipinski definition) is 0. The number of carbonyl (C=O) groups is 3. The van der Waals surface area contributed by atoms with Crippen LogP contribution in [-0.2, 0) is 14.4 Å². The van der Waals surface area contributed by atoms with Crippen LogP contribution < -0.4 is 14.2 Å². The van der Waals surface area contributed by atoms with Crippen LogP contribution in [0.2, 0.25) is 0 Å². The molecule has 0 aliphatic carbocycles. The van der Waals surface area contributed by atoms with E-state index in [9.17, 15) is 14.4 Å². The van der Waals surface area contributed by atoms with Gasteiger partial charge in [0.05, 0.1) is 0 Å². The van der Waals surface area contributed by atoms with Crippen molar-refractivity contribution in [1.82, 2.24) is 0 Å². The Morgan fingerprint density at radius 2 is 1.09 bits per heavy atom. The van der Waals surface area contributed by atoms with E-state index in [1.165, 1.54) is 26.8 Å². The van der Waals surface area contributed by atoms with Gasteiger partial charge in [0, 0.05) is 48.7 Å². The van der Waals surface area contributed by atoms with Crippen molar-refractivity contribution in [2.75, 3.05) is 0 Å².